The molecule has 1 rings (SSSR count). The van der Waals surface area contributed by atoms with Gasteiger partial charge < -0.3 is 15.0 Å². The summed E-state index contributed by atoms with van der Waals surface area (Å²) in [6, 6.07) is -0.173. The molecule has 5 nitrogen and oxygen atoms in total. The van der Waals surface area contributed by atoms with E-state index in [1.807, 2.05) is 12.3 Å². The van der Waals surface area contributed by atoms with Crippen LogP contribution in [-0.4, -0.2) is 28.2 Å². The molecule has 0 saturated carbocycles. The molecule has 0 radical (unpaired) electrons. The lowest BCUT2D eigenvalue weighted by molar-refractivity contribution is -0.122. The van der Waals surface area contributed by atoms with Gasteiger partial charge in [0.2, 0.25) is 5.91 Å². The summed E-state index contributed by atoms with van der Waals surface area (Å²) in [4.78, 5) is 23.3. The van der Waals surface area contributed by atoms with Gasteiger partial charge in [-0.2, -0.15) is 0 Å². The minimum atomic E-state index is -0.173. The van der Waals surface area contributed by atoms with E-state index < -0.39 is 0 Å². The third-order valence-corrected chi connectivity index (χ3v) is 3.98. The SMILES string of the molecule is Cc1csc(=O)n1CCCC(=O)NC(CO)CC(C)C. The van der Waals surface area contributed by atoms with Gasteiger partial charge in [-0.15, -0.1) is 0 Å². The molecule has 2 N–H and O–H groups in total. The molecule has 1 amide bonds. The van der Waals surface area contributed by atoms with E-state index in [0.717, 1.165) is 12.1 Å². The summed E-state index contributed by atoms with van der Waals surface area (Å²) in [5.74, 6) is 0.366. The third kappa shape index (κ3) is 5.46. The van der Waals surface area contributed by atoms with Crippen molar-refractivity contribution >= 4 is 17.2 Å². The average Bonchev–Trinajstić information content (AvgIpc) is 2.69. The lowest BCUT2D eigenvalue weighted by Crippen LogP contribution is -2.38. The molecule has 0 bridgehead atoms. The van der Waals surface area contributed by atoms with Crippen LogP contribution in [0.1, 0.15) is 38.8 Å². The number of nitrogens with zero attached hydrogens (tertiary/aromatic N) is 1. The van der Waals surface area contributed by atoms with E-state index >= 15 is 0 Å². The van der Waals surface area contributed by atoms with Crippen molar-refractivity contribution in [2.24, 2.45) is 5.92 Å². The maximum absolute atomic E-state index is 11.8. The van der Waals surface area contributed by atoms with Gasteiger partial charge in [0.25, 0.3) is 0 Å². The van der Waals surface area contributed by atoms with Crippen LogP contribution in [0.4, 0.5) is 0 Å². The first-order valence-corrected chi connectivity index (χ1v) is 7.87. The molecule has 1 heterocycles. The molecule has 1 aromatic heterocycles. The molecular weight excluding hydrogens is 276 g/mol. The Morgan fingerprint density at radius 3 is 2.70 bits per heavy atom. The van der Waals surface area contributed by atoms with Crippen molar-refractivity contribution in [3.8, 4) is 0 Å². The minimum Gasteiger partial charge on any atom is -0.394 e. The molecule has 0 aromatic carbocycles. The fourth-order valence-corrected chi connectivity index (χ4v) is 2.88. The molecule has 0 aliphatic heterocycles. The maximum atomic E-state index is 11.8. The summed E-state index contributed by atoms with van der Waals surface area (Å²) < 4.78 is 1.69. The Hall–Kier alpha value is -1.14. The van der Waals surface area contributed by atoms with Gasteiger partial charge in [0.1, 0.15) is 0 Å². The molecule has 0 aliphatic carbocycles. The smallest absolute Gasteiger partial charge is 0.307 e. The molecule has 0 spiro atoms. The predicted molar refractivity (Wildman–Crippen MR) is 81.0 cm³/mol. The van der Waals surface area contributed by atoms with Crippen LogP contribution in [0.25, 0.3) is 0 Å². The molecule has 1 aromatic rings. The normalized spacial score (nSPS) is 12.7. The fraction of sp³-hybridized carbons (Fsp3) is 0.714. The van der Waals surface area contributed by atoms with Gasteiger partial charge in [0.15, 0.2) is 0 Å². The second-order valence-corrected chi connectivity index (χ2v) is 6.30. The molecule has 0 fully saturated rings. The second kappa shape index (κ2) is 8.21. The summed E-state index contributed by atoms with van der Waals surface area (Å²) in [6.07, 6.45) is 1.77. The van der Waals surface area contributed by atoms with Crippen molar-refractivity contribution in [3.63, 3.8) is 0 Å². The zero-order chi connectivity index (χ0) is 15.1. The van der Waals surface area contributed by atoms with Gasteiger partial charge in [-0.3, -0.25) is 9.59 Å². The quantitative estimate of drug-likeness (QED) is 0.764. The Morgan fingerprint density at radius 2 is 2.20 bits per heavy atom. The van der Waals surface area contributed by atoms with Gasteiger partial charge in [-0.1, -0.05) is 25.2 Å². The number of carbonyl (C=O) groups excluding carboxylic acids is 1. The highest BCUT2D eigenvalue weighted by Gasteiger charge is 2.13. The number of amides is 1. The van der Waals surface area contributed by atoms with Crippen LogP contribution in [0.15, 0.2) is 10.2 Å². The van der Waals surface area contributed by atoms with Crippen LogP contribution >= 0.6 is 11.3 Å². The molecular formula is C14H24N2O3S. The van der Waals surface area contributed by atoms with E-state index in [-0.39, 0.29) is 23.4 Å². The number of rotatable bonds is 8. The van der Waals surface area contributed by atoms with Gasteiger partial charge in [0.05, 0.1) is 12.6 Å². The summed E-state index contributed by atoms with van der Waals surface area (Å²) in [5.41, 5.74) is 0.938. The van der Waals surface area contributed by atoms with Gasteiger partial charge in [-0.25, -0.2) is 0 Å². The summed E-state index contributed by atoms with van der Waals surface area (Å²) in [6.45, 7) is 6.53. The van der Waals surface area contributed by atoms with E-state index in [1.54, 1.807) is 4.57 Å². The Morgan fingerprint density at radius 1 is 1.50 bits per heavy atom. The number of thiazole rings is 1. The Bertz CT molecular complexity index is 479. The highest BCUT2D eigenvalue weighted by atomic mass is 32.1. The number of aromatic nitrogens is 1. The third-order valence-electron chi connectivity index (χ3n) is 3.10. The summed E-state index contributed by atoms with van der Waals surface area (Å²) in [7, 11) is 0. The van der Waals surface area contributed by atoms with E-state index in [9.17, 15) is 14.7 Å². The highest BCUT2D eigenvalue weighted by Crippen LogP contribution is 2.06. The largest absolute Gasteiger partial charge is 0.394 e. The van der Waals surface area contributed by atoms with Crippen LogP contribution in [-0.2, 0) is 11.3 Å². The Labute approximate surface area is 123 Å². The van der Waals surface area contributed by atoms with Crippen molar-refractivity contribution in [2.75, 3.05) is 6.61 Å². The van der Waals surface area contributed by atoms with Crippen molar-refractivity contribution in [2.45, 2.75) is 52.6 Å². The fourth-order valence-electron chi connectivity index (χ4n) is 2.12. The Balaban J connectivity index is 2.34. The number of aliphatic hydroxyl groups excluding tert-OH is 1. The van der Waals surface area contributed by atoms with Gasteiger partial charge in [-0.05, 0) is 25.7 Å². The van der Waals surface area contributed by atoms with E-state index in [1.165, 1.54) is 11.3 Å². The van der Waals surface area contributed by atoms with Gasteiger partial charge in [0, 0.05) is 24.0 Å². The number of aliphatic hydroxyl groups is 1. The van der Waals surface area contributed by atoms with E-state index in [0.29, 0.717) is 25.3 Å². The number of hydrogen-bond donors (Lipinski definition) is 2. The zero-order valence-electron chi connectivity index (χ0n) is 12.4. The standard InChI is InChI=1S/C14H24N2O3S/c1-10(2)7-12(8-17)15-13(18)5-4-6-16-11(3)9-20-14(16)19/h9-10,12,17H,4-8H2,1-3H3,(H,15,18). The average molecular weight is 300 g/mol. The van der Waals surface area contributed by atoms with Crippen LogP contribution in [0.5, 0.6) is 0 Å². The highest BCUT2D eigenvalue weighted by molar-refractivity contribution is 7.07. The maximum Gasteiger partial charge on any atom is 0.307 e. The molecule has 1 unspecified atom stereocenters. The van der Waals surface area contributed by atoms with Crippen LogP contribution in [0.2, 0.25) is 0 Å². The molecule has 0 aliphatic rings. The lowest BCUT2D eigenvalue weighted by atomic mass is 10.0. The number of nitrogens with one attached hydrogen (secondary N) is 1. The first-order chi connectivity index (χ1) is 9.43. The molecule has 0 saturated heterocycles. The van der Waals surface area contributed by atoms with Crippen LogP contribution < -0.4 is 10.2 Å². The van der Waals surface area contributed by atoms with Crippen molar-refractivity contribution in [3.05, 3.63) is 20.7 Å². The van der Waals surface area contributed by atoms with E-state index in [4.69, 9.17) is 0 Å². The molecule has 20 heavy (non-hydrogen) atoms. The predicted octanol–water partition coefficient (Wildman–Crippen LogP) is 1.52. The summed E-state index contributed by atoms with van der Waals surface area (Å²) in [5, 5.41) is 13.9. The molecule has 1 atom stereocenters. The van der Waals surface area contributed by atoms with Crippen molar-refractivity contribution in [1.29, 1.82) is 0 Å². The lowest BCUT2D eigenvalue weighted by Gasteiger charge is -2.18. The van der Waals surface area contributed by atoms with Crippen LogP contribution in [0, 0.1) is 12.8 Å². The second-order valence-electron chi connectivity index (χ2n) is 5.47. The number of aryl methyl sites for hydroxylation is 1. The molecule has 6 heteroatoms. The first-order valence-electron chi connectivity index (χ1n) is 6.99. The van der Waals surface area contributed by atoms with Crippen molar-refractivity contribution in [1.82, 2.24) is 9.88 Å². The van der Waals surface area contributed by atoms with Gasteiger partial charge >= 0.3 is 4.87 Å². The summed E-state index contributed by atoms with van der Waals surface area (Å²) >= 11 is 1.18. The number of carbonyl (C=O) groups is 1. The van der Waals surface area contributed by atoms with E-state index in [2.05, 4.69) is 19.2 Å². The monoisotopic (exact) mass is 300 g/mol. The minimum absolute atomic E-state index is 0.0240. The van der Waals surface area contributed by atoms with Crippen molar-refractivity contribution < 1.29 is 9.90 Å². The Kier molecular flexibility index (Phi) is 6.95. The topological polar surface area (TPSA) is 71.3 Å². The zero-order valence-corrected chi connectivity index (χ0v) is 13.2. The number of hydrogen-bond acceptors (Lipinski definition) is 4. The van der Waals surface area contributed by atoms with Crippen LogP contribution in [0.3, 0.4) is 0 Å². The first kappa shape index (κ1) is 16.9. The molecule has 114 valence electrons.